The number of para-hydroxylation sites is 3. The lowest BCUT2D eigenvalue weighted by molar-refractivity contribution is 1.28. The normalized spacial score (nSPS) is 12.5. The monoisotopic (exact) mass is 434 g/mol. The third kappa shape index (κ3) is 2.89. The predicted octanol–water partition coefficient (Wildman–Crippen LogP) is 8.94. The van der Waals surface area contributed by atoms with Crippen LogP contribution in [-0.2, 0) is 0 Å². The summed E-state index contributed by atoms with van der Waals surface area (Å²) in [5, 5.41) is 2.53. The number of anilines is 3. The zero-order valence-electron chi connectivity index (χ0n) is 18.6. The van der Waals surface area contributed by atoms with Crippen LogP contribution >= 0.6 is 0 Å². The Morgan fingerprint density at radius 3 is 2.18 bits per heavy atom. The maximum absolute atomic E-state index is 3.59. The largest absolute Gasteiger partial charge is 0.354 e. The van der Waals surface area contributed by atoms with E-state index < -0.39 is 0 Å². The van der Waals surface area contributed by atoms with Crippen LogP contribution in [0.25, 0.3) is 45.1 Å². The second-order valence-electron chi connectivity index (χ2n) is 8.74. The minimum Gasteiger partial charge on any atom is -0.354 e. The van der Waals surface area contributed by atoms with Crippen LogP contribution in [0.15, 0.2) is 115 Å². The van der Waals surface area contributed by atoms with Crippen LogP contribution in [-0.4, -0.2) is 4.98 Å². The second-order valence-corrected chi connectivity index (χ2v) is 8.74. The highest BCUT2D eigenvalue weighted by Gasteiger charge is 2.21. The topological polar surface area (TPSA) is 19.0 Å². The molecule has 1 aliphatic rings. The first-order chi connectivity index (χ1) is 16.9. The maximum Gasteiger partial charge on any atom is 0.0540 e. The fourth-order valence-corrected chi connectivity index (χ4v) is 5.18. The van der Waals surface area contributed by atoms with Crippen molar-refractivity contribution in [3.8, 4) is 11.1 Å². The molecule has 0 unspecified atom stereocenters. The Labute approximate surface area is 198 Å². The summed E-state index contributed by atoms with van der Waals surface area (Å²) < 4.78 is 0. The average Bonchev–Trinajstić information content (AvgIpc) is 3.19. The maximum atomic E-state index is 3.59. The Morgan fingerprint density at radius 2 is 1.26 bits per heavy atom. The highest BCUT2D eigenvalue weighted by molar-refractivity contribution is 6.14. The van der Waals surface area contributed by atoms with E-state index in [2.05, 4.69) is 137 Å². The van der Waals surface area contributed by atoms with Gasteiger partial charge in [0.05, 0.1) is 11.4 Å². The van der Waals surface area contributed by atoms with E-state index in [4.69, 9.17) is 0 Å². The summed E-state index contributed by atoms with van der Waals surface area (Å²) >= 11 is 0. The zero-order valence-corrected chi connectivity index (χ0v) is 18.6. The summed E-state index contributed by atoms with van der Waals surface area (Å²) in [5.41, 5.74) is 10.7. The number of hydrogen-bond acceptors (Lipinski definition) is 1. The van der Waals surface area contributed by atoms with Gasteiger partial charge in [-0.25, -0.2) is 0 Å². The SMILES string of the molecule is C1=Cc2ccc(-c3cccc4[nH]c5ccccc5c34)cc2N(c2ccccc2)c2ccccc21. The number of aromatic nitrogens is 1. The van der Waals surface area contributed by atoms with Gasteiger partial charge in [0, 0.05) is 27.5 Å². The highest BCUT2D eigenvalue weighted by Crippen LogP contribution is 2.44. The van der Waals surface area contributed by atoms with Crippen LogP contribution in [0.2, 0.25) is 0 Å². The Hall–Kier alpha value is -4.56. The number of nitrogens with zero attached hydrogens (tertiary/aromatic N) is 1. The predicted molar refractivity (Wildman–Crippen MR) is 145 cm³/mol. The number of H-pyrrole nitrogens is 1. The zero-order chi connectivity index (χ0) is 22.5. The van der Waals surface area contributed by atoms with Crippen LogP contribution in [0.1, 0.15) is 11.1 Å². The quantitative estimate of drug-likeness (QED) is 0.288. The molecule has 0 amide bonds. The van der Waals surface area contributed by atoms with Gasteiger partial charge < -0.3 is 9.88 Å². The summed E-state index contributed by atoms with van der Waals surface area (Å²) in [6, 6.07) is 41.2. The minimum atomic E-state index is 1.15. The van der Waals surface area contributed by atoms with E-state index in [0.717, 1.165) is 5.69 Å². The first kappa shape index (κ1) is 19.0. The van der Waals surface area contributed by atoms with Crippen molar-refractivity contribution in [1.29, 1.82) is 0 Å². The smallest absolute Gasteiger partial charge is 0.0540 e. The van der Waals surface area contributed by atoms with Crippen LogP contribution in [0, 0.1) is 0 Å². The van der Waals surface area contributed by atoms with Gasteiger partial charge in [-0.15, -0.1) is 0 Å². The fraction of sp³-hybridized carbons (Fsp3) is 0. The molecule has 1 aromatic heterocycles. The van der Waals surface area contributed by atoms with Crippen molar-refractivity contribution in [1.82, 2.24) is 4.98 Å². The lowest BCUT2D eigenvalue weighted by atomic mass is 9.97. The molecule has 2 heterocycles. The van der Waals surface area contributed by atoms with Gasteiger partial charge in [-0.3, -0.25) is 0 Å². The summed E-state index contributed by atoms with van der Waals surface area (Å²) in [4.78, 5) is 5.97. The first-order valence-corrected chi connectivity index (χ1v) is 11.6. The minimum absolute atomic E-state index is 1.15. The molecule has 0 bridgehead atoms. The van der Waals surface area contributed by atoms with E-state index in [1.165, 1.54) is 55.4 Å². The second kappa shape index (κ2) is 7.50. The van der Waals surface area contributed by atoms with Crippen molar-refractivity contribution in [3.63, 3.8) is 0 Å². The number of benzene rings is 5. The number of nitrogens with one attached hydrogen (secondary N) is 1. The molecular weight excluding hydrogens is 412 g/mol. The number of rotatable bonds is 2. The molecule has 160 valence electrons. The van der Waals surface area contributed by atoms with Crippen LogP contribution in [0.5, 0.6) is 0 Å². The van der Waals surface area contributed by atoms with E-state index >= 15 is 0 Å². The third-order valence-electron chi connectivity index (χ3n) is 6.75. The Morgan fingerprint density at radius 1 is 0.529 bits per heavy atom. The van der Waals surface area contributed by atoms with E-state index in [1.54, 1.807) is 0 Å². The van der Waals surface area contributed by atoms with Crippen LogP contribution < -0.4 is 4.90 Å². The molecule has 34 heavy (non-hydrogen) atoms. The molecule has 0 fully saturated rings. The molecule has 2 nitrogen and oxygen atoms in total. The van der Waals surface area contributed by atoms with Crippen molar-refractivity contribution in [2.24, 2.45) is 0 Å². The van der Waals surface area contributed by atoms with Crippen molar-refractivity contribution in [3.05, 3.63) is 126 Å². The lowest BCUT2D eigenvalue weighted by Crippen LogP contribution is -2.11. The summed E-state index contributed by atoms with van der Waals surface area (Å²) in [7, 11) is 0. The molecular formula is C32H22N2. The van der Waals surface area contributed by atoms with Crippen molar-refractivity contribution in [2.75, 3.05) is 4.90 Å². The Bertz CT molecular complexity index is 1710. The van der Waals surface area contributed by atoms with Gasteiger partial charge in [0.2, 0.25) is 0 Å². The van der Waals surface area contributed by atoms with E-state index in [9.17, 15) is 0 Å². The molecule has 7 rings (SSSR count). The van der Waals surface area contributed by atoms with Crippen molar-refractivity contribution < 1.29 is 0 Å². The first-order valence-electron chi connectivity index (χ1n) is 11.6. The summed E-state index contributed by atoms with van der Waals surface area (Å²) in [6.45, 7) is 0. The van der Waals surface area contributed by atoms with E-state index in [0.29, 0.717) is 0 Å². The molecule has 0 saturated carbocycles. The number of aromatic amines is 1. The van der Waals surface area contributed by atoms with Gasteiger partial charge in [0.25, 0.3) is 0 Å². The van der Waals surface area contributed by atoms with Gasteiger partial charge in [-0.05, 0) is 58.7 Å². The summed E-state index contributed by atoms with van der Waals surface area (Å²) in [5.74, 6) is 0. The van der Waals surface area contributed by atoms with Crippen molar-refractivity contribution >= 4 is 51.0 Å². The highest BCUT2D eigenvalue weighted by atomic mass is 15.1. The fourth-order valence-electron chi connectivity index (χ4n) is 5.18. The molecule has 0 atom stereocenters. The molecule has 0 saturated heterocycles. The van der Waals surface area contributed by atoms with Gasteiger partial charge >= 0.3 is 0 Å². The van der Waals surface area contributed by atoms with Gasteiger partial charge in [0.15, 0.2) is 0 Å². The van der Waals surface area contributed by atoms with Crippen molar-refractivity contribution in [2.45, 2.75) is 0 Å². The standard InChI is InChI=1S/C32H22N2/c1-2-10-25(11-3-1)34-30-16-7-4-9-22(30)17-18-23-19-20-24(21-31(23)34)26-13-8-15-29-32(26)27-12-5-6-14-28(27)33-29/h1-21,33H. The van der Waals surface area contributed by atoms with E-state index in [1.807, 2.05) is 0 Å². The van der Waals surface area contributed by atoms with E-state index in [-0.39, 0.29) is 0 Å². The molecule has 2 heteroatoms. The van der Waals surface area contributed by atoms with Gasteiger partial charge in [-0.2, -0.15) is 0 Å². The third-order valence-corrected chi connectivity index (χ3v) is 6.75. The lowest BCUT2D eigenvalue weighted by Gasteiger charge is -2.27. The molecule has 1 aliphatic heterocycles. The Balaban J connectivity index is 1.50. The molecule has 0 radical (unpaired) electrons. The molecule has 0 aliphatic carbocycles. The molecule has 5 aromatic carbocycles. The average molecular weight is 435 g/mol. The summed E-state index contributed by atoms with van der Waals surface area (Å²) in [6.07, 6.45) is 4.45. The number of hydrogen-bond donors (Lipinski definition) is 1. The molecule has 1 N–H and O–H groups in total. The van der Waals surface area contributed by atoms with Crippen LogP contribution in [0.3, 0.4) is 0 Å². The van der Waals surface area contributed by atoms with Gasteiger partial charge in [0.1, 0.15) is 0 Å². The molecule has 6 aromatic rings. The molecule has 0 spiro atoms. The van der Waals surface area contributed by atoms with Gasteiger partial charge in [-0.1, -0.05) is 91.0 Å². The Kier molecular flexibility index (Phi) is 4.18. The van der Waals surface area contributed by atoms with Crippen LogP contribution in [0.4, 0.5) is 17.1 Å². The number of fused-ring (bicyclic) bond motifs is 5.